The molecule has 0 aliphatic rings. The van der Waals surface area contributed by atoms with Gasteiger partial charge in [-0.3, -0.25) is 19.2 Å². The second-order valence-corrected chi connectivity index (χ2v) is 8.50. The summed E-state index contributed by atoms with van der Waals surface area (Å²) in [5, 5.41) is 14.8. The Hall–Kier alpha value is -4.25. The van der Waals surface area contributed by atoms with Crippen LogP contribution in [0.4, 0.5) is 11.4 Å². The zero-order valence-electron chi connectivity index (χ0n) is 17.5. The maximum Gasteiger partial charge on any atom is 0.278 e. The highest BCUT2D eigenvalue weighted by molar-refractivity contribution is 7.92. The number of rotatable bonds is 9. The lowest BCUT2D eigenvalue weighted by molar-refractivity contribution is -0.385. The van der Waals surface area contributed by atoms with Gasteiger partial charge in [-0.1, -0.05) is 36.4 Å². The number of benzene rings is 3. The lowest BCUT2D eigenvalue weighted by Gasteiger charge is -2.24. The third-order valence-electron chi connectivity index (χ3n) is 4.49. The zero-order valence-corrected chi connectivity index (χ0v) is 18.3. The molecular formula is C22H20N4O6S. The predicted octanol–water partition coefficient (Wildman–Crippen LogP) is 2.95. The van der Waals surface area contributed by atoms with Crippen molar-refractivity contribution in [3.8, 4) is 5.75 Å². The molecule has 0 saturated heterocycles. The number of carbonyl (C=O) groups excluding carboxylic acids is 1. The Labute approximate surface area is 190 Å². The topological polar surface area (TPSA) is 131 Å². The van der Waals surface area contributed by atoms with Gasteiger partial charge in [0.15, 0.2) is 0 Å². The molecule has 0 radical (unpaired) electrons. The Bertz CT molecular complexity index is 1280. The summed E-state index contributed by atoms with van der Waals surface area (Å²) in [5.41, 5.74) is 2.44. The highest BCUT2D eigenvalue weighted by Gasteiger charge is 2.27. The maximum atomic E-state index is 13.3. The van der Waals surface area contributed by atoms with Crippen molar-refractivity contribution < 1.29 is 22.9 Å². The van der Waals surface area contributed by atoms with Crippen molar-refractivity contribution in [3.05, 3.63) is 94.5 Å². The number of nitrogens with one attached hydrogen (secondary N) is 1. The van der Waals surface area contributed by atoms with Gasteiger partial charge in [-0.25, -0.2) is 13.8 Å². The molecule has 0 atom stereocenters. The molecule has 0 heterocycles. The molecule has 11 heteroatoms. The number of amides is 1. The normalized spacial score (nSPS) is 11.2. The molecule has 0 fully saturated rings. The third-order valence-corrected chi connectivity index (χ3v) is 6.27. The number of anilines is 1. The van der Waals surface area contributed by atoms with Crippen LogP contribution in [0, 0.1) is 10.1 Å². The maximum absolute atomic E-state index is 13.3. The monoisotopic (exact) mass is 468 g/mol. The van der Waals surface area contributed by atoms with Crippen molar-refractivity contribution in [1.29, 1.82) is 0 Å². The number of nitro benzene ring substituents is 1. The van der Waals surface area contributed by atoms with Gasteiger partial charge < -0.3 is 4.74 Å². The predicted molar refractivity (Wildman–Crippen MR) is 123 cm³/mol. The van der Waals surface area contributed by atoms with E-state index in [2.05, 4.69) is 10.5 Å². The standard InChI is InChI=1S/C22H20N4O6S/c1-32-19-10-7-9-18(14-19)25(33(30,31)20-11-3-2-4-12-20)16-22(27)24-23-15-17-8-5-6-13-21(17)26(28)29/h2-15H,16H2,1H3,(H,24,27)/b23-15-. The van der Waals surface area contributed by atoms with E-state index < -0.39 is 27.4 Å². The van der Waals surface area contributed by atoms with E-state index in [1.54, 1.807) is 36.4 Å². The molecular weight excluding hydrogens is 448 g/mol. The van der Waals surface area contributed by atoms with Crippen LogP contribution in [0.15, 0.2) is 88.9 Å². The molecule has 1 amide bonds. The van der Waals surface area contributed by atoms with E-state index in [0.717, 1.165) is 10.5 Å². The molecule has 3 rings (SSSR count). The Morgan fingerprint density at radius 1 is 1.09 bits per heavy atom. The SMILES string of the molecule is COc1cccc(N(CC(=O)N/N=C\c2ccccc2[N+](=O)[O-])S(=O)(=O)c2ccccc2)c1. The van der Waals surface area contributed by atoms with E-state index in [1.165, 1.54) is 49.6 Å². The van der Waals surface area contributed by atoms with Gasteiger partial charge in [0.25, 0.3) is 21.6 Å². The van der Waals surface area contributed by atoms with Crippen LogP contribution < -0.4 is 14.5 Å². The van der Waals surface area contributed by atoms with Gasteiger partial charge in [-0.15, -0.1) is 0 Å². The molecule has 10 nitrogen and oxygen atoms in total. The van der Waals surface area contributed by atoms with E-state index in [0.29, 0.717) is 5.75 Å². The molecule has 1 N–H and O–H groups in total. The van der Waals surface area contributed by atoms with Crippen LogP contribution in [0.1, 0.15) is 5.56 Å². The molecule has 0 aliphatic heterocycles. The molecule has 3 aromatic rings. The minimum Gasteiger partial charge on any atom is -0.497 e. The van der Waals surface area contributed by atoms with Crippen molar-refractivity contribution in [1.82, 2.24) is 5.43 Å². The van der Waals surface area contributed by atoms with E-state index in [4.69, 9.17) is 4.74 Å². The van der Waals surface area contributed by atoms with Gasteiger partial charge >= 0.3 is 0 Å². The number of hydrogen-bond acceptors (Lipinski definition) is 7. The first-order chi connectivity index (χ1) is 15.8. The van der Waals surface area contributed by atoms with E-state index in [1.807, 2.05) is 0 Å². The molecule has 0 saturated carbocycles. The van der Waals surface area contributed by atoms with Crippen molar-refractivity contribution in [3.63, 3.8) is 0 Å². The Morgan fingerprint density at radius 2 is 1.79 bits per heavy atom. The molecule has 0 spiro atoms. The average Bonchev–Trinajstić information content (AvgIpc) is 2.83. The van der Waals surface area contributed by atoms with Gasteiger partial charge in [-0.05, 0) is 30.3 Å². The summed E-state index contributed by atoms with van der Waals surface area (Å²) in [6.45, 7) is -0.585. The minimum absolute atomic E-state index is 0.00373. The van der Waals surface area contributed by atoms with Crippen molar-refractivity contribution in [2.75, 3.05) is 18.0 Å². The van der Waals surface area contributed by atoms with Gasteiger partial charge in [0.2, 0.25) is 0 Å². The fourth-order valence-electron chi connectivity index (χ4n) is 2.90. The van der Waals surface area contributed by atoms with Crippen molar-refractivity contribution in [2.45, 2.75) is 4.90 Å². The highest BCUT2D eigenvalue weighted by atomic mass is 32.2. The molecule has 0 bridgehead atoms. The molecule has 170 valence electrons. The van der Waals surface area contributed by atoms with Crippen LogP contribution in [0.2, 0.25) is 0 Å². The number of hydrogen-bond donors (Lipinski definition) is 1. The fraction of sp³-hybridized carbons (Fsp3) is 0.0909. The second kappa shape index (κ2) is 10.4. The molecule has 0 unspecified atom stereocenters. The summed E-state index contributed by atoms with van der Waals surface area (Å²) < 4.78 is 32.7. The average molecular weight is 468 g/mol. The summed E-state index contributed by atoms with van der Waals surface area (Å²) in [5.74, 6) is -0.331. The number of sulfonamides is 1. The number of carbonyl (C=O) groups is 1. The quantitative estimate of drug-likeness (QED) is 0.292. The molecule has 0 aromatic heterocycles. The summed E-state index contributed by atoms with van der Waals surface area (Å²) in [6.07, 6.45) is 1.12. The first-order valence-electron chi connectivity index (χ1n) is 9.60. The Kier molecular flexibility index (Phi) is 7.36. The summed E-state index contributed by atoms with van der Waals surface area (Å²) in [7, 11) is -2.65. The summed E-state index contributed by atoms with van der Waals surface area (Å²) in [4.78, 5) is 23.1. The number of para-hydroxylation sites is 1. The van der Waals surface area contributed by atoms with Gasteiger partial charge in [0.05, 0.1) is 34.4 Å². The largest absolute Gasteiger partial charge is 0.497 e. The van der Waals surface area contributed by atoms with Crippen LogP contribution in [0.3, 0.4) is 0 Å². The summed E-state index contributed by atoms with van der Waals surface area (Å²) in [6, 6.07) is 19.8. The van der Waals surface area contributed by atoms with Gasteiger partial charge in [-0.2, -0.15) is 5.10 Å². The fourth-order valence-corrected chi connectivity index (χ4v) is 4.34. The van der Waals surface area contributed by atoms with Crippen molar-refractivity contribution in [2.24, 2.45) is 5.10 Å². The second-order valence-electron chi connectivity index (χ2n) is 6.64. The van der Waals surface area contributed by atoms with E-state index in [-0.39, 0.29) is 21.8 Å². The minimum atomic E-state index is -4.09. The summed E-state index contributed by atoms with van der Waals surface area (Å²) >= 11 is 0. The molecule has 33 heavy (non-hydrogen) atoms. The van der Waals surface area contributed by atoms with Gasteiger partial charge in [0, 0.05) is 12.1 Å². The molecule has 0 aliphatic carbocycles. The van der Waals surface area contributed by atoms with Gasteiger partial charge in [0.1, 0.15) is 12.3 Å². The zero-order chi connectivity index (χ0) is 23.8. The van der Waals surface area contributed by atoms with E-state index in [9.17, 15) is 23.3 Å². The number of methoxy groups -OCH3 is 1. The van der Waals surface area contributed by atoms with Crippen LogP contribution in [0.25, 0.3) is 0 Å². The van der Waals surface area contributed by atoms with Crippen molar-refractivity contribution >= 4 is 33.5 Å². The lowest BCUT2D eigenvalue weighted by atomic mass is 10.2. The number of nitro groups is 1. The number of nitrogens with zero attached hydrogens (tertiary/aromatic N) is 3. The van der Waals surface area contributed by atoms with E-state index >= 15 is 0 Å². The van der Waals surface area contributed by atoms with Crippen LogP contribution in [0.5, 0.6) is 5.75 Å². The third kappa shape index (κ3) is 5.71. The lowest BCUT2D eigenvalue weighted by Crippen LogP contribution is -2.39. The van der Waals surface area contributed by atoms with Crippen LogP contribution in [-0.4, -0.2) is 39.1 Å². The van der Waals surface area contributed by atoms with Crippen LogP contribution >= 0.6 is 0 Å². The first kappa shape index (κ1) is 23.4. The Morgan fingerprint density at radius 3 is 2.48 bits per heavy atom. The number of ether oxygens (including phenoxy) is 1. The smallest absolute Gasteiger partial charge is 0.278 e. The number of hydrazone groups is 1. The first-order valence-corrected chi connectivity index (χ1v) is 11.0. The Balaban J connectivity index is 1.86. The highest BCUT2D eigenvalue weighted by Crippen LogP contribution is 2.26. The molecule has 3 aromatic carbocycles. The van der Waals surface area contributed by atoms with Crippen LogP contribution in [-0.2, 0) is 14.8 Å².